The Labute approximate surface area is 208 Å². The Bertz CT molecular complexity index is 1240. The van der Waals surface area contributed by atoms with Crippen LogP contribution in [-0.2, 0) is 4.79 Å². The van der Waals surface area contributed by atoms with Gasteiger partial charge in [0, 0.05) is 50.6 Å². The van der Waals surface area contributed by atoms with Crippen molar-refractivity contribution in [3.8, 4) is 0 Å². The van der Waals surface area contributed by atoms with Crippen LogP contribution in [0.2, 0.25) is 5.02 Å². The molecular weight excluding hydrogens is 466 g/mol. The SMILES string of the molecule is CC(=O)N1CCN(c2ccc(C(=O)Nc3ccc(Cl)c(NC(=O)c4ccc(C)cc4)c3)cn2)CC1. The van der Waals surface area contributed by atoms with Gasteiger partial charge >= 0.3 is 0 Å². The molecule has 1 aromatic heterocycles. The summed E-state index contributed by atoms with van der Waals surface area (Å²) in [5.74, 6) is 0.213. The van der Waals surface area contributed by atoms with E-state index in [-0.39, 0.29) is 17.7 Å². The van der Waals surface area contributed by atoms with E-state index in [0.29, 0.717) is 53.7 Å². The van der Waals surface area contributed by atoms with Gasteiger partial charge in [0.1, 0.15) is 5.82 Å². The van der Waals surface area contributed by atoms with E-state index in [1.807, 2.05) is 24.0 Å². The van der Waals surface area contributed by atoms with E-state index >= 15 is 0 Å². The van der Waals surface area contributed by atoms with Crippen LogP contribution in [0, 0.1) is 6.92 Å². The van der Waals surface area contributed by atoms with Crippen molar-refractivity contribution in [2.75, 3.05) is 41.7 Å². The number of piperazine rings is 1. The molecule has 0 radical (unpaired) electrons. The van der Waals surface area contributed by atoms with Crippen molar-refractivity contribution >= 4 is 46.5 Å². The quantitative estimate of drug-likeness (QED) is 0.557. The van der Waals surface area contributed by atoms with E-state index < -0.39 is 0 Å². The third kappa shape index (κ3) is 5.96. The monoisotopic (exact) mass is 491 g/mol. The van der Waals surface area contributed by atoms with E-state index in [4.69, 9.17) is 11.6 Å². The van der Waals surface area contributed by atoms with Gasteiger partial charge < -0.3 is 20.4 Å². The van der Waals surface area contributed by atoms with Crippen LogP contribution in [-0.4, -0.2) is 53.8 Å². The molecule has 0 saturated carbocycles. The number of amides is 3. The summed E-state index contributed by atoms with van der Waals surface area (Å²) in [6.07, 6.45) is 1.53. The van der Waals surface area contributed by atoms with Crippen molar-refractivity contribution in [2.24, 2.45) is 0 Å². The second kappa shape index (κ2) is 10.6. The topological polar surface area (TPSA) is 94.6 Å². The minimum Gasteiger partial charge on any atom is -0.353 e. The molecule has 4 rings (SSSR count). The van der Waals surface area contributed by atoms with Gasteiger partial charge in [-0.3, -0.25) is 14.4 Å². The number of nitrogens with one attached hydrogen (secondary N) is 2. The summed E-state index contributed by atoms with van der Waals surface area (Å²) in [7, 11) is 0. The summed E-state index contributed by atoms with van der Waals surface area (Å²) in [6, 6.07) is 15.6. The summed E-state index contributed by atoms with van der Waals surface area (Å²) in [4.78, 5) is 45.1. The maximum Gasteiger partial charge on any atom is 0.257 e. The number of benzene rings is 2. The Morgan fingerprint density at radius 3 is 2.14 bits per heavy atom. The number of carbonyl (C=O) groups is 3. The third-order valence-electron chi connectivity index (χ3n) is 5.85. The number of carbonyl (C=O) groups excluding carboxylic acids is 3. The number of anilines is 3. The summed E-state index contributed by atoms with van der Waals surface area (Å²) in [5.41, 5.74) is 2.85. The molecule has 0 unspecified atom stereocenters. The summed E-state index contributed by atoms with van der Waals surface area (Å²) >= 11 is 6.26. The van der Waals surface area contributed by atoms with Gasteiger partial charge in [0.05, 0.1) is 16.3 Å². The molecule has 2 aromatic carbocycles. The highest BCUT2D eigenvalue weighted by Gasteiger charge is 2.20. The molecule has 0 aliphatic carbocycles. The van der Waals surface area contributed by atoms with E-state index in [1.54, 1.807) is 49.4 Å². The van der Waals surface area contributed by atoms with Crippen molar-refractivity contribution in [3.63, 3.8) is 0 Å². The molecule has 1 aliphatic heterocycles. The number of halogens is 1. The number of rotatable bonds is 5. The lowest BCUT2D eigenvalue weighted by Gasteiger charge is -2.34. The van der Waals surface area contributed by atoms with Crippen LogP contribution < -0.4 is 15.5 Å². The molecule has 2 N–H and O–H groups in total. The zero-order valence-corrected chi connectivity index (χ0v) is 20.3. The predicted octanol–water partition coefficient (Wildman–Crippen LogP) is 4.22. The average molecular weight is 492 g/mol. The first-order valence-corrected chi connectivity index (χ1v) is 11.6. The Morgan fingerprint density at radius 1 is 0.857 bits per heavy atom. The molecule has 0 spiro atoms. The zero-order valence-electron chi connectivity index (χ0n) is 19.5. The fourth-order valence-electron chi connectivity index (χ4n) is 3.76. The number of pyridine rings is 1. The molecule has 3 aromatic rings. The fourth-order valence-corrected chi connectivity index (χ4v) is 3.92. The highest BCUT2D eigenvalue weighted by atomic mass is 35.5. The molecule has 2 heterocycles. The van der Waals surface area contributed by atoms with Crippen molar-refractivity contribution in [2.45, 2.75) is 13.8 Å². The van der Waals surface area contributed by atoms with Gasteiger partial charge in [0.15, 0.2) is 0 Å². The maximum atomic E-state index is 12.8. The fraction of sp³-hybridized carbons (Fsp3) is 0.231. The third-order valence-corrected chi connectivity index (χ3v) is 6.17. The molecular formula is C26H26ClN5O3. The van der Waals surface area contributed by atoms with Gasteiger partial charge in [0.25, 0.3) is 11.8 Å². The molecule has 9 heteroatoms. The summed E-state index contributed by atoms with van der Waals surface area (Å²) in [6.45, 7) is 6.21. The van der Waals surface area contributed by atoms with Crippen molar-refractivity contribution < 1.29 is 14.4 Å². The molecule has 1 saturated heterocycles. The highest BCUT2D eigenvalue weighted by molar-refractivity contribution is 6.34. The lowest BCUT2D eigenvalue weighted by atomic mass is 10.1. The predicted molar refractivity (Wildman–Crippen MR) is 137 cm³/mol. The van der Waals surface area contributed by atoms with Crippen molar-refractivity contribution in [3.05, 3.63) is 82.5 Å². The van der Waals surface area contributed by atoms with Crippen molar-refractivity contribution in [1.29, 1.82) is 0 Å². The molecule has 1 fully saturated rings. The van der Waals surface area contributed by atoms with E-state index in [0.717, 1.165) is 11.4 Å². The van der Waals surface area contributed by atoms with Gasteiger partial charge in [-0.2, -0.15) is 0 Å². The number of aromatic nitrogens is 1. The maximum absolute atomic E-state index is 12.8. The number of hydrogen-bond donors (Lipinski definition) is 2. The van der Waals surface area contributed by atoms with Crippen LogP contribution in [0.1, 0.15) is 33.2 Å². The van der Waals surface area contributed by atoms with Gasteiger partial charge in [-0.25, -0.2) is 4.98 Å². The Kier molecular flexibility index (Phi) is 7.31. The normalized spacial score (nSPS) is 13.3. The lowest BCUT2D eigenvalue weighted by Crippen LogP contribution is -2.48. The average Bonchev–Trinajstić information content (AvgIpc) is 2.86. The molecule has 3 amide bonds. The zero-order chi connectivity index (χ0) is 24.9. The first-order chi connectivity index (χ1) is 16.8. The molecule has 8 nitrogen and oxygen atoms in total. The molecule has 1 aliphatic rings. The lowest BCUT2D eigenvalue weighted by molar-refractivity contribution is -0.129. The standard InChI is InChI=1S/C26H26ClN5O3/c1-17-3-5-19(6-4-17)25(34)30-23-15-21(8-9-22(23)27)29-26(35)20-7-10-24(28-16-20)32-13-11-31(12-14-32)18(2)33/h3-10,15-16H,11-14H2,1-2H3,(H,29,35)(H,30,34). The summed E-state index contributed by atoms with van der Waals surface area (Å²) in [5, 5.41) is 5.97. The second-order valence-electron chi connectivity index (χ2n) is 8.37. The molecule has 35 heavy (non-hydrogen) atoms. The first-order valence-electron chi connectivity index (χ1n) is 11.3. The van der Waals surface area contributed by atoms with Gasteiger partial charge in [0.2, 0.25) is 5.91 Å². The van der Waals surface area contributed by atoms with E-state index in [1.165, 1.54) is 6.20 Å². The van der Waals surface area contributed by atoms with Crippen LogP contribution in [0.3, 0.4) is 0 Å². The number of aryl methyl sites for hydroxylation is 1. The summed E-state index contributed by atoms with van der Waals surface area (Å²) < 4.78 is 0. The van der Waals surface area contributed by atoms with Crippen LogP contribution in [0.5, 0.6) is 0 Å². The molecule has 0 bridgehead atoms. The number of hydrogen-bond acceptors (Lipinski definition) is 5. The first kappa shape index (κ1) is 24.2. The van der Waals surface area contributed by atoms with Gasteiger partial charge in [-0.1, -0.05) is 29.3 Å². The Hall–Kier alpha value is -3.91. The highest BCUT2D eigenvalue weighted by Crippen LogP contribution is 2.26. The van der Waals surface area contributed by atoms with Crippen LogP contribution in [0.25, 0.3) is 0 Å². The minimum absolute atomic E-state index is 0.0738. The Balaban J connectivity index is 1.39. The number of nitrogens with zero attached hydrogens (tertiary/aromatic N) is 3. The van der Waals surface area contributed by atoms with Crippen molar-refractivity contribution in [1.82, 2.24) is 9.88 Å². The van der Waals surface area contributed by atoms with E-state index in [2.05, 4.69) is 20.5 Å². The molecule has 180 valence electrons. The van der Waals surface area contributed by atoms with Gasteiger partial charge in [-0.05, 0) is 49.4 Å². The largest absolute Gasteiger partial charge is 0.353 e. The molecule has 0 atom stereocenters. The van der Waals surface area contributed by atoms with Crippen LogP contribution in [0.15, 0.2) is 60.8 Å². The van der Waals surface area contributed by atoms with E-state index in [9.17, 15) is 14.4 Å². The Morgan fingerprint density at radius 2 is 1.51 bits per heavy atom. The smallest absolute Gasteiger partial charge is 0.257 e. The van der Waals surface area contributed by atoms with Crippen LogP contribution >= 0.6 is 11.6 Å². The minimum atomic E-state index is -0.330. The van der Waals surface area contributed by atoms with Gasteiger partial charge in [-0.15, -0.1) is 0 Å². The second-order valence-corrected chi connectivity index (χ2v) is 8.77. The van der Waals surface area contributed by atoms with Crippen LogP contribution in [0.4, 0.5) is 17.2 Å².